The standard InChI is InChI=1S/C21H19BrN2O4S/c1-13(2)28-15-9-7-14(8-10-15)11-18-20(26)24(21(27)29-18)12-19(25)23-17-6-4-3-5-16(17)22/h3-11,13H,12H2,1-2H3,(H,23,25)/b18-11-. The van der Waals surface area contributed by atoms with Crippen molar-refractivity contribution in [3.05, 3.63) is 63.5 Å². The number of thioether (sulfide) groups is 1. The van der Waals surface area contributed by atoms with Crippen LogP contribution in [0.15, 0.2) is 57.9 Å². The van der Waals surface area contributed by atoms with Gasteiger partial charge >= 0.3 is 0 Å². The minimum absolute atomic E-state index is 0.0694. The first-order valence-corrected chi connectivity index (χ1v) is 10.5. The lowest BCUT2D eigenvalue weighted by molar-refractivity contribution is -0.127. The van der Waals surface area contributed by atoms with Crippen LogP contribution in [0.25, 0.3) is 6.08 Å². The lowest BCUT2D eigenvalue weighted by Crippen LogP contribution is -2.36. The quantitative estimate of drug-likeness (QED) is 0.601. The molecule has 0 unspecified atom stereocenters. The Morgan fingerprint density at radius 2 is 1.86 bits per heavy atom. The first kappa shape index (κ1) is 21.1. The molecule has 1 N–H and O–H groups in total. The molecule has 2 aromatic carbocycles. The molecule has 2 aromatic rings. The van der Waals surface area contributed by atoms with Crippen LogP contribution in [0.5, 0.6) is 5.75 Å². The van der Waals surface area contributed by atoms with Gasteiger partial charge in [-0.15, -0.1) is 0 Å². The van der Waals surface area contributed by atoms with E-state index in [9.17, 15) is 14.4 Å². The van der Waals surface area contributed by atoms with Crippen LogP contribution in [0.2, 0.25) is 0 Å². The van der Waals surface area contributed by atoms with Crippen molar-refractivity contribution in [2.24, 2.45) is 0 Å². The second-order valence-electron chi connectivity index (χ2n) is 6.53. The van der Waals surface area contributed by atoms with Crippen LogP contribution in [0.4, 0.5) is 10.5 Å². The van der Waals surface area contributed by atoms with Crippen LogP contribution in [0, 0.1) is 0 Å². The van der Waals surface area contributed by atoms with E-state index >= 15 is 0 Å². The van der Waals surface area contributed by atoms with Crippen molar-refractivity contribution in [3.63, 3.8) is 0 Å². The van der Waals surface area contributed by atoms with Crippen LogP contribution in [0.1, 0.15) is 19.4 Å². The number of benzene rings is 2. The van der Waals surface area contributed by atoms with E-state index in [1.54, 1.807) is 36.4 Å². The largest absolute Gasteiger partial charge is 0.491 e. The summed E-state index contributed by atoms with van der Waals surface area (Å²) in [5, 5.41) is 2.22. The SMILES string of the molecule is CC(C)Oc1ccc(/C=C2\SC(=O)N(CC(=O)Nc3ccccc3Br)C2=O)cc1. The van der Waals surface area contributed by atoms with Gasteiger partial charge in [0, 0.05) is 4.47 Å². The summed E-state index contributed by atoms with van der Waals surface area (Å²) >= 11 is 4.16. The lowest BCUT2D eigenvalue weighted by Gasteiger charge is -2.13. The van der Waals surface area contributed by atoms with Gasteiger partial charge in [0.2, 0.25) is 5.91 Å². The molecular formula is C21H19BrN2O4S. The summed E-state index contributed by atoms with van der Waals surface area (Å²) in [6.45, 7) is 3.54. The number of amides is 3. The van der Waals surface area contributed by atoms with E-state index in [0.717, 1.165) is 28.0 Å². The summed E-state index contributed by atoms with van der Waals surface area (Å²) in [5.74, 6) is -0.200. The molecule has 1 heterocycles. The minimum Gasteiger partial charge on any atom is -0.491 e. The molecule has 8 heteroatoms. The fraction of sp³-hybridized carbons (Fsp3) is 0.190. The summed E-state index contributed by atoms with van der Waals surface area (Å²) in [5.41, 5.74) is 1.34. The molecule has 0 bridgehead atoms. The van der Waals surface area contributed by atoms with Crippen LogP contribution in [-0.4, -0.2) is 34.6 Å². The molecular weight excluding hydrogens is 456 g/mol. The molecule has 1 fully saturated rings. The van der Waals surface area contributed by atoms with Gasteiger partial charge in [0.15, 0.2) is 0 Å². The number of nitrogens with one attached hydrogen (secondary N) is 1. The van der Waals surface area contributed by atoms with E-state index < -0.39 is 17.1 Å². The first-order valence-electron chi connectivity index (χ1n) is 8.90. The van der Waals surface area contributed by atoms with Crippen molar-refractivity contribution < 1.29 is 19.1 Å². The number of imide groups is 1. The highest BCUT2D eigenvalue weighted by Gasteiger charge is 2.36. The number of para-hydroxylation sites is 1. The van der Waals surface area contributed by atoms with Crippen LogP contribution >= 0.6 is 27.7 Å². The van der Waals surface area contributed by atoms with E-state index in [1.807, 2.05) is 32.0 Å². The predicted octanol–water partition coefficient (Wildman–Crippen LogP) is 4.91. The van der Waals surface area contributed by atoms with Gasteiger partial charge < -0.3 is 10.1 Å². The maximum Gasteiger partial charge on any atom is 0.294 e. The molecule has 3 amide bonds. The molecule has 0 aliphatic carbocycles. The highest BCUT2D eigenvalue weighted by atomic mass is 79.9. The third-order valence-electron chi connectivity index (χ3n) is 3.87. The average molecular weight is 475 g/mol. The summed E-state index contributed by atoms with van der Waals surface area (Å²) in [7, 11) is 0. The number of carbonyl (C=O) groups is 3. The zero-order valence-electron chi connectivity index (χ0n) is 15.8. The molecule has 1 saturated heterocycles. The molecule has 29 heavy (non-hydrogen) atoms. The normalized spacial score (nSPS) is 15.3. The van der Waals surface area contributed by atoms with Gasteiger partial charge in [0.25, 0.3) is 11.1 Å². The third-order valence-corrected chi connectivity index (χ3v) is 5.47. The summed E-state index contributed by atoms with van der Waals surface area (Å²) < 4.78 is 6.31. The van der Waals surface area contributed by atoms with Crippen molar-refractivity contribution in [1.29, 1.82) is 0 Å². The smallest absolute Gasteiger partial charge is 0.294 e. The monoisotopic (exact) mass is 474 g/mol. The molecule has 0 radical (unpaired) electrons. The highest BCUT2D eigenvalue weighted by Crippen LogP contribution is 2.32. The van der Waals surface area contributed by atoms with E-state index in [0.29, 0.717) is 10.2 Å². The molecule has 1 aliphatic heterocycles. The van der Waals surface area contributed by atoms with Gasteiger partial charge in [0.1, 0.15) is 12.3 Å². The summed E-state index contributed by atoms with van der Waals surface area (Å²) in [6.07, 6.45) is 1.70. The lowest BCUT2D eigenvalue weighted by atomic mass is 10.2. The Bertz CT molecular complexity index is 973. The Balaban J connectivity index is 1.66. The van der Waals surface area contributed by atoms with Gasteiger partial charge in [-0.25, -0.2) is 0 Å². The molecule has 150 valence electrons. The van der Waals surface area contributed by atoms with Gasteiger partial charge in [-0.2, -0.15) is 0 Å². The molecule has 0 spiro atoms. The van der Waals surface area contributed by atoms with Crippen LogP contribution in [-0.2, 0) is 9.59 Å². The molecule has 0 atom stereocenters. The van der Waals surface area contributed by atoms with Crippen molar-refractivity contribution >= 4 is 56.5 Å². The number of halogens is 1. The molecule has 1 aliphatic rings. The van der Waals surface area contributed by atoms with Crippen molar-refractivity contribution in [3.8, 4) is 5.75 Å². The highest BCUT2D eigenvalue weighted by molar-refractivity contribution is 9.10. The third kappa shape index (κ3) is 5.48. The zero-order chi connectivity index (χ0) is 21.0. The van der Waals surface area contributed by atoms with Gasteiger partial charge in [-0.3, -0.25) is 19.3 Å². The summed E-state index contributed by atoms with van der Waals surface area (Å²) in [4.78, 5) is 38.3. The Morgan fingerprint density at radius 3 is 2.52 bits per heavy atom. The maximum absolute atomic E-state index is 12.6. The van der Waals surface area contributed by atoms with Crippen molar-refractivity contribution in [2.45, 2.75) is 20.0 Å². The topological polar surface area (TPSA) is 75.7 Å². The Hall–Kier alpha value is -2.58. The average Bonchev–Trinajstić information content (AvgIpc) is 2.92. The van der Waals surface area contributed by atoms with E-state index in [1.165, 1.54) is 0 Å². The molecule has 6 nitrogen and oxygen atoms in total. The Labute approximate surface area is 181 Å². The maximum atomic E-state index is 12.6. The Kier molecular flexibility index (Phi) is 6.76. The Morgan fingerprint density at radius 1 is 1.17 bits per heavy atom. The summed E-state index contributed by atoms with van der Waals surface area (Å²) in [6, 6.07) is 14.3. The predicted molar refractivity (Wildman–Crippen MR) is 118 cm³/mol. The van der Waals surface area contributed by atoms with Crippen molar-refractivity contribution in [2.75, 3.05) is 11.9 Å². The number of hydrogen-bond acceptors (Lipinski definition) is 5. The van der Waals surface area contributed by atoms with Crippen LogP contribution in [0.3, 0.4) is 0 Å². The zero-order valence-corrected chi connectivity index (χ0v) is 18.2. The number of hydrogen-bond donors (Lipinski definition) is 1. The van der Waals surface area contributed by atoms with E-state index in [-0.39, 0.29) is 17.6 Å². The second-order valence-corrected chi connectivity index (χ2v) is 8.38. The van der Waals surface area contributed by atoms with Gasteiger partial charge in [-0.05, 0) is 77.4 Å². The van der Waals surface area contributed by atoms with E-state index in [2.05, 4.69) is 21.2 Å². The minimum atomic E-state index is -0.482. The van der Waals surface area contributed by atoms with Crippen LogP contribution < -0.4 is 10.1 Å². The fourth-order valence-electron chi connectivity index (χ4n) is 2.60. The first-order chi connectivity index (χ1) is 13.8. The molecule has 3 rings (SSSR count). The van der Waals surface area contributed by atoms with E-state index in [4.69, 9.17) is 4.74 Å². The van der Waals surface area contributed by atoms with Crippen molar-refractivity contribution in [1.82, 2.24) is 4.90 Å². The fourth-order valence-corrected chi connectivity index (χ4v) is 3.82. The number of anilines is 1. The number of carbonyl (C=O) groups excluding carboxylic acids is 3. The molecule has 0 aromatic heterocycles. The van der Waals surface area contributed by atoms with Gasteiger partial charge in [0.05, 0.1) is 16.7 Å². The number of nitrogens with zero attached hydrogens (tertiary/aromatic N) is 1. The van der Waals surface area contributed by atoms with Gasteiger partial charge in [-0.1, -0.05) is 24.3 Å². The number of rotatable bonds is 6. The molecule has 0 saturated carbocycles. The number of ether oxygens (including phenoxy) is 1. The second kappa shape index (κ2) is 9.28.